The van der Waals surface area contributed by atoms with Crippen molar-refractivity contribution < 1.29 is 9.90 Å². The van der Waals surface area contributed by atoms with Crippen molar-refractivity contribution in [3.63, 3.8) is 0 Å². The van der Waals surface area contributed by atoms with Crippen LogP contribution in [0.4, 0.5) is 0 Å². The van der Waals surface area contributed by atoms with Gasteiger partial charge in [-0.2, -0.15) is 0 Å². The van der Waals surface area contributed by atoms with E-state index in [1.165, 1.54) is 0 Å². The van der Waals surface area contributed by atoms with E-state index in [-0.39, 0.29) is 12.5 Å². The molecule has 1 aliphatic rings. The fraction of sp³-hybridized carbons (Fsp3) is 0.320. The molecule has 4 heteroatoms. The fourth-order valence-corrected chi connectivity index (χ4v) is 5.27. The van der Waals surface area contributed by atoms with Gasteiger partial charge < -0.3 is 10.4 Å². The molecule has 0 radical (unpaired) electrons. The second-order valence-electron chi connectivity index (χ2n) is 8.17. The summed E-state index contributed by atoms with van der Waals surface area (Å²) in [5.74, 6) is 0.0404. The second-order valence-corrected chi connectivity index (χ2v) is 9.11. The van der Waals surface area contributed by atoms with E-state index in [1.807, 2.05) is 53.9 Å². The van der Waals surface area contributed by atoms with Crippen LogP contribution in [0.3, 0.4) is 0 Å². The zero-order valence-corrected chi connectivity index (χ0v) is 17.5. The van der Waals surface area contributed by atoms with Crippen molar-refractivity contribution in [2.75, 3.05) is 6.54 Å². The highest BCUT2D eigenvalue weighted by Gasteiger charge is 2.44. The summed E-state index contributed by atoms with van der Waals surface area (Å²) < 4.78 is 0. The van der Waals surface area contributed by atoms with Gasteiger partial charge in [-0.05, 0) is 47.9 Å². The van der Waals surface area contributed by atoms with E-state index in [0.717, 1.165) is 47.3 Å². The van der Waals surface area contributed by atoms with E-state index < -0.39 is 11.0 Å². The van der Waals surface area contributed by atoms with Gasteiger partial charge in [0.25, 0.3) is 0 Å². The van der Waals surface area contributed by atoms with Crippen molar-refractivity contribution in [1.29, 1.82) is 0 Å². The summed E-state index contributed by atoms with van der Waals surface area (Å²) in [4.78, 5) is 14.3. The molecule has 3 nitrogen and oxygen atoms in total. The van der Waals surface area contributed by atoms with Crippen LogP contribution in [-0.2, 0) is 15.8 Å². The second kappa shape index (κ2) is 8.13. The number of nitrogens with one attached hydrogen (secondary N) is 1. The van der Waals surface area contributed by atoms with E-state index in [2.05, 4.69) is 23.5 Å². The smallest absolute Gasteiger partial charge is 0.231 e. The highest BCUT2D eigenvalue weighted by molar-refractivity contribution is 7.10. The van der Waals surface area contributed by atoms with Gasteiger partial charge in [0.15, 0.2) is 0 Å². The molecule has 3 aromatic rings. The van der Waals surface area contributed by atoms with Gasteiger partial charge in [-0.15, -0.1) is 11.3 Å². The maximum absolute atomic E-state index is 13.2. The Kier molecular flexibility index (Phi) is 5.57. The quantitative estimate of drug-likeness (QED) is 0.588. The SMILES string of the molecule is CC(O)(CNC(=O)C1(c2cccs2)CCCC1)c1ccc(-c2ccccc2)cc1. The van der Waals surface area contributed by atoms with Gasteiger partial charge in [0.1, 0.15) is 5.60 Å². The minimum absolute atomic E-state index is 0.0404. The van der Waals surface area contributed by atoms with Crippen molar-refractivity contribution in [2.45, 2.75) is 43.6 Å². The summed E-state index contributed by atoms with van der Waals surface area (Å²) in [6.45, 7) is 1.96. The first-order valence-electron chi connectivity index (χ1n) is 10.2. The Balaban J connectivity index is 1.46. The highest BCUT2D eigenvalue weighted by atomic mass is 32.1. The van der Waals surface area contributed by atoms with E-state index in [1.54, 1.807) is 18.3 Å². The van der Waals surface area contributed by atoms with Crippen LogP contribution < -0.4 is 5.32 Å². The Labute approximate surface area is 176 Å². The summed E-state index contributed by atoms with van der Waals surface area (Å²) >= 11 is 1.65. The van der Waals surface area contributed by atoms with Crippen LogP contribution in [-0.4, -0.2) is 17.6 Å². The number of carbonyl (C=O) groups excluding carboxylic acids is 1. The van der Waals surface area contributed by atoms with Crippen molar-refractivity contribution in [1.82, 2.24) is 5.32 Å². The molecule has 1 aromatic heterocycles. The zero-order valence-electron chi connectivity index (χ0n) is 16.7. The Hall–Kier alpha value is -2.43. The van der Waals surface area contributed by atoms with Gasteiger partial charge in [0.05, 0.1) is 12.0 Å². The molecule has 29 heavy (non-hydrogen) atoms. The van der Waals surface area contributed by atoms with Crippen LogP contribution in [0.2, 0.25) is 0 Å². The van der Waals surface area contributed by atoms with Gasteiger partial charge in [-0.3, -0.25) is 4.79 Å². The van der Waals surface area contributed by atoms with E-state index in [4.69, 9.17) is 0 Å². The Morgan fingerprint density at radius 2 is 1.66 bits per heavy atom. The Morgan fingerprint density at radius 1 is 1.00 bits per heavy atom. The molecule has 2 aromatic carbocycles. The highest BCUT2D eigenvalue weighted by Crippen LogP contribution is 2.43. The zero-order chi connectivity index (χ0) is 20.3. The molecule has 1 atom stereocenters. The third-order valence-electron chi connectivity index (χ3n) is 6.09. The topological polar surface area (TPSA) is 49.3 Å². The number of carbonyl (C=O) groups is 1. The lowest BCUT2D eigenvalue weighted by molar-refractivity contribution is -0.127. The fourth-order valence-electron chi connectivity index (χ4n) is 4.29. The van der Waals surface area contributed by atoms with Crippen LogP contribution in [0.15, 0.2) is 72.1 Å². The first-order valence-corrected chi connectivity index (χ1v) is 11.1. The molecule has 1 fully saturated rings. The van der Waals surface area contributed by atoms with Crippen molar-refractivity contribution in [2.24, 2.45) is 0 Å². The minimum atomic E-state index is -1.12. The van der Waals surface area contributed by atoms with Crippen LogP contribution >= 0.6 is 11.3 Å². The number of hydrogen-bond acceptors (Lipinski definition) is 3. The number of rotatable bonds is 6. The van der Waals surface area contributed by atoms with E-state index in [9.17, 15) is 9.90 Å². The Morgan fingerprint density at radius 3 is 2.28 bits per heavy atom. The molecular weight excluding hydrogens is 378 g/mol. The molecule has 1 heterocycles. The molecule has 0 bridgehead atoms. The van der Waals surface area contributed by atoms with E-state index >= 15 is 0 Å². The van der Waals surface area contributed by atoms with Crippen molar-refractivity contribution in [3.8, 4) is 11.1 Å². The van der Waals surface area contributed by atoms with Crippen LogP contribution in [0, 0.1) is 0 Å². The van der Waals surface area contributed by atoms with Gasteiger partial charge in [0, 0.05) is 4.88 Å². The average Bonchev–Trinajstić information content (AvgIpc) is 3.45. The summed E-state index contributed by atoms with van der Waals surface area (Å²) in [6, 6.07) is 22.2. The molecule has 1 unspecified atom stereocenters. The number of thiophene rings is 1. The molecule has 1 amide bonds. The van der Waals surface area contributed by atoms with Crippen molar-refractivity contribution >= 4 is 17.2 Å². The first-order chi connectivity index (χ1) is 14.0. The molecule has 1 aliphatic carbocycles. The van der Waals surface area contributed by atoms with Gasteiger partial charge >= 0.3 is 0 Å². The average molecular weight is 406 g/mol. The number of hydrogen-bond donors (Lipinski definition) is 2. The summed E-state index contributed by atoms with van der Waals surface area (Å²) in [5, 5.41) is 16.1. The van der Waals surface area contributed by atoms with Gasteiger partial charge in [0.2, 0.25) is 5.91 Å². The maximum Gasteiger partial charge on any atom is 0.231 e. The third kappa shape index (κ3) is 4.00. The predicted octanol–water partition coefficient (Wildman–Crippen LogP) is 5.25. The summed E-state index contributed by atoms with van der Waals surface area (Å²) in [7, 11) is 0. The normalized spacial score (nSPS) is 17.6. The monoisotopic (exact) mass is 405 g/mol. The van der Waals surface area contributed by atoms with Crippen LogP contribution in [0.5, 0.6) is 0 Å². The lowest BCUT2D eigenvalue weighted by Gasteiger charge is -2.30. The van der Waals surface area contributed by atoms with Crippen LogP contribution in [0.1, 0.15) is 43.0 Å². The molecule has 1 saturated carbocycles. The molecule has 0 spiro atoms. The number of benzene rings is 2. The van der Waals surface area contributed by atoms with Gasteiger partial charge in [-0.25, -0.2) is 0 Å². The number of aliphatic hydroxyl groups is 1. The molecule has 2 N–H and O–H groups in total. The molecule has 150 valence electrons. The van der Waals surface area contributed by atoms with Crippen LogP contribution in [0.25, 0.3) is 11.1 Å². The number of amides is 1. The predicted molar refractivity (Wildman–Crippen MR) is 119 cm³/mol. The molecule has 4 rings (SSSR count). The maximum atomic E-state index is 13.2. The van der Waals surface area contributed by atoms with E-state index in [0.29, 0.717) is 0 Å². The lowest BCUT2D eigenvalue weighted by atomic mass is 9.83. The Bertz CT molecular complexity index is 940. The molecular formula is C25H27NO2S. The minimum Gasteiger partial charge on any atom is -0.384 e. The van der Waals surface area contributed by atoms with Gasteiger partial charge in [-0.1, -0.05) is 73.5 Å². The summed E-state index contributed by atoms with van der Waals surface area (Å²) in [5.41, 5.74) is 1.50. The third-order valence-corrected chi connectivity index (χ3v) is 7.17. The molecule has 0 saturated heterocycles. The lowest BCUT2D eigenvalue weighted by Crippen LogP contribution is -2.47. The van der Waals surface area contributed by atoms with Crippen molar-refractivity contribution in [3.05, 3.63) is 82.6 Å². The standard InChI is InChI=1S/C25H27NO2S/c1-24(28,21-13-11-20(12-14-21)19-8-3-2-4-9-19)18-26-23(27)25(15-5-6-16-25)22-10-7-17-29-22/h2-4,7-14,17,28H,5-6,15-16,18H2,1H3,(H,26,27). The largest absolute Gasteiger partial charge is 0.384 e. The summed E-state index contributed by atoms with van der Waals surface area (Å²) in [6.07, 6.45) is 3.91. The first kappa shape index (κ1) is 19.9. The molecule has 0 aliphatic heterocycles.